The van der Waals surface area contributed by atoms with Crippen molar-refractivity contribution in [2.75, 3.05) is 11.9 Å². The van der Waals surface area contributed by atoms with Crippen LogP contribution in [0.1, 0.15) is 28.4 Å². The van der Waals surface area contributed by atoms with Crippen molar-refractivity contribution >= 4 is 50.8 Å². The van der Waals surface area contributed by atoms with Crippen LogP contribution in [0.2, 0.25) is 10.0 Å². The molecule has 3 aromatic rings. The minimum Gasteiger partial charge on any atom is -0.488 e. The maximum absolute atomic E-state index is 11.8. The molecule has 0 spiro atoms. The molecular formula is C23H20BrCl2NO3. The first-order chi connectivity index (χ1) is 14.5. The molecule has 156 valence electrons. The Hall–Kier alpha value is -2.21. The van der Waals surface area contributed by atoms with E-state index in [0.29, 0.717) is 35.4 Å². The maximum Gasteiger partial charge on any atom is 0.338 e. The second kappa shape index (κ2) is 10.7. The fourth-order valence-electron chi connectivity index (χ4n) is 2.76. The van der Waals surface area contributed by atoms with Crippen molar-refractivity contribution in [1.29, 1.82) is 0 Å². The largest absolute Gasteiger partial charge is 0.488 e. The number of esters is 1. The fourth-order valence-corrected chi connectivity index (χ4v) is 3.63. The molecule has 0 amide bonds. The fraction of sp³-hybridized carbons (Fsp3) is 0.174. The third kappa shape index (κ3) is 6.14. The second-order valence-corrected chi connectivity index (χ2v) is 8.19. The molecule has 0 atom stereocenters. The zero-order valence-corrected chi connectivity index (χ0v) is 19.4. The molecule has 0 aromatic heterocycles. The number of ether oxygens (including phenoxy) is 2. The van der Waals surface area contributed by atoms with Crippen molar-refractivity contribution < 1.29 is 14.3 Å². The van der Waals surface area contributed by atoms with Gasteiger partial charge in [0.25, 0.3) is 0 Å². The highest BCUT2D eigenvalue weighted by atomic mass is 79.9. The summed E-state index contributed by atoms with van der Waals surface area (Å²) in [5.74, 6) is 0.424. The maximum atomic E-state index is 11.8. The quantitative estimate of drug-likeness (QED) is 0.329. The minimum absolute atomic E-state index is 0.326. The number of anilines is 1. The molecule has 0 saturated heterocycles. The smallest absolute Gasteiger partial charge is 0.338 e. The summed E-state index contributed by atoms with van der Waals surface area (Å²) in [5, 5.41) is 4.51. The van der Waals surface area contributed by atoms with E-state index in [-0.39, 0.29) is 5.97 Å². The van der Waals surface area contributed by atoms with Gasteiger partial charge in [0.15, 0.2) is 0 Å². The summed E-state index contributed by atoms with van der Waals surface area (Å²) in [4.78, 5) is 11.8. The Balaban J connectivity index is 1.67. The van der Waals surface area contributed by atoms with Gasteiger partial charge in [0.1, 0.15) is 12.4 Å². The highest BCUT2D eigenvalue weighted by molar-refractivity contribution is 9.10. The highest BCUT2D eigenvalue weighted by Gasteiger charge is 2.09. The third-order valence-electron chi connectivity index (χ3n) is 4.30. The molecule has 0 aliphatic rings. The molecule has 0 bridgehead atoms. The third-order valence-corrected chi connectivity index (χ3v) is 5.38. The molecule has 0 radical (unpaired) electrons. The normalized spacial score (nSPS) is 10.5. The van der Waals surface area contributed by atoms with Gasteiger partial charge >= 0.3 is 5.97 Å². The Morgan fingerprint density at radius 2 is 1.77 bits per heavy atom. The average Bonchev–Trinajstić information content (AvgIpc) is 2.73. The van der Waals surface area contributed by atoms with Gasteiger partial charge in [0.2, 0.25) is 0 Å². The molecule has 1 N–H and O–H groups in total. The summed E-state index contributed by atoms with van der Waals surface area (Å²) in [6.45, 7) is 3.01. The molecule has 0 heterocycles. The van der Waals surface area contributed by atoms with Gasteiger partial charge in [-0.15, -0.1) is 0 Å². The van der Waals surface area contributed by atoms with E-state index in [2.05, 4.69) is 21.2 Å². The van der Waals surface area contributed by atoms with Crippen LogP contribution >= 0.6 is 39.1 Å². The molecule has 0 aliphatic heterocycles. The summed E-state index contributed by atoms with van der Waals surface area (Å²) < 4.78 is 12.0. The lowest BCUT2D eigenvalue weighted by Crippen LogP contribution is -2.06. The van der Waals surface area contributed by atoms with Gasteiger partial charge in [-0.1, -0.05) is 45.2 Å². The van der Waals surface area contributed by atoms with Crippen LogP contribution in [-0.2, 0) is 17.9 Å². The van der Waals surface area contributed by atoms with E-state index < -0.39 is 0 Å². The molecule has 0 aliphatic carbocycles. The Labute approximate surface area is 194 Å². The average molecular weight is 509 g/mol. The lowest BCUT2D eigenvalue weighted by Gasteiger charge is -2.14. The predicted octanol–water partition coefficient (Wildman–Crippen LogP) is 7.12. The molecular weight excluding hydrogens is 489 g/mol. The number of halogens is 3. The van der Waals surface area contributed by atoms with Crippen molar-refractivity contribution in [2.24, 2.45) is 0 Å². The number of nitrogens with one attached hydrogen (secondary N) is 1. The number of carbonyl (C=O) groups excluding carboxylic acids is 1. The number of rotatable bonds is 8. The Morgan fingerprint density at radius 1 is 1.00 bits per heavy atom. The molecule has 0 saturated carbocycles. The van der Waals surface area contributed by atoms with Crippen molar-refractivity contribution in [3.05, 3.63) is 91.9 Å². The second-order valence-electron chi connectivity index (χ2n) is 6.43. The molecule has 0 fully saturated rings. The van der Waals surface area contributed by atoms with Gasteiger partial charge < -0.3 is 14.8 Å². The molecule has 7 heteroatoms. The van der Waals surface area contributed by atoms with Crippen molar-refractivity contribution in [2.45, 2.75) is 20.1 Å². The molecule has 4 nitrogen and oxygen atoms in total. The van der Waals surface area contributed by atoms with Crippen LogP contribution < -0.4 is 10.1 Å². The highest BCUT2D eigenvalue weighted by Crippen LogP contribution is 2.27. The summed E-state index contributed by atoms with van der Waals surface area (Å²) in [6, 6.07) is 18.3. The summed E-state index contributed by atoms with van der Waals surface area (Å²) in [6.07, 6.45) is 0. The van der Waals surface area contributed by atoms with Gasteiger partial charge in [-0.05, 0) is 61.5 Å². The van der Waals surface area contributed by atoms with E-state index in [1.54, 1.807) is 31.2 Å². The first-order valence-corrected chi connectivity index (χ1v) is 10.9. The van der Waals surface area contributed by atoms with E-state index in [4.69, 9.17) is 32.7 Å². The Kier molecular flexibility index (Phi) is 8.02. The number of benzene rings is 3. The summed E-state index contributed by atoms with van der Waals surface area (Å²) >= 11 is 15.7. The van der Waals surface area contributed by atoms with Crippen LogP contribution in [0.3, 0.4) is 0 Å². The van der Waals surface area contributed by atoms with Gasteiger partial charge in [0, 0.05) is 37.9 Å². The number of carbonyl (C=O) groups is 1. The van der Waals surface area contributed by atoms with Crippen LogP contribution in [0.15, 0.2) is 65.1 Å². The van der Waals surface area contributed by atoms with Crippen LogP contribution in [0.5, 0.6) is 5.75 Å². The molecule has 3 rings (SSSR count). The van der Waals surface area contributed by atoms with Crippen molar-refractivity contribution in [1.82, 2.24) is 0 Å². The zero-order chi connectivity index (χ0) is 21.5. The van der Waals surface area contributed by atoms with Crippen molar-refractivity contribution in [3.63, 3.8) is 0 Å². The zero-order valence-electron chi connectivity index (χ0n) is 16.3. The van der Waals surface area contributed by atoms with E-state index in [9.17, 15) is 4.79 Å². The van der Waals surface area contributed by atoms with Crippen LogP contribution in [0, 0.1) is 0 Å². The SMILES string of the molecule is CCOC(=O)c1ccc(NCc2cc(Br)ccc2OCc2ccc(Cl)cc2Cl)cc1. The van der Waals surface area contributed by atoms with Gasteiger partial charge in [-0.2, -0.15) is 0 Å². The standard InChI is InChI=1S/C23H20BrCl2NO3/c1-2-29-23(28)15-4-8-20(9-5-15)27-13-17-11-18(24)6-10-22(17)30-14-16-3-7-19(25)12-21(16)26/h3-12,27H,2,13-14H2,1H3. The van der Waals surface area contributed by atoms with Gasteiger partial charge in [-0.25, -0.2) is 4.79 Å². The lowest BCUT2D eigenvalue weighted by molar-refractivity contribution is 0.0526. The topological polar surface area (TPSA) is 47.6 Å². The van der Waals surface area contributed by atoms with E-state index in [1.165, 1.54) is 0 Å². The predicted molar refractivity (Wildman–Crippen MR) is 125 cm³/mol. The Morgan fingerprint density at radius 3 is 2.47 bits per heavy atom. The molecule has 3 aromatic carbocycles. The molecule has 0 unspecified atom stereocenters. The lowest BCUT2D eigenvalue weighted by atomic mass is 10.1. The van der Waals surface area contributed by atoms with Gasteiger partial charge in [-0.3, -0.25) is 0 Å². The number of hydrogen-bond donors (Lipinski definition) is 1. The van der Waals surface area contributed by atoms with E-state index in [0.717, 1.165) is 27.0 Å². The first kappa shape index (κ1) is 22.5. The summed E-state index contributed by atoms with van der Waals surface area (Å²) in [7, 11) is 0. The van der Waals surface area contributed by atoms with E-state index >= 15 is 0 Å². The van der Waals surface area contributed by atoms with Crippen LogP contribution in [-0.4, -0.2) is 12.6 Å². The van der Waals surface area contributed by atoms with Crippen LogP contribution in [0.4, 0.5) is 5.69 Å². The van der Waals surface area contributed by atoms with E-state index in [1.807, 2.05) is 36.4 Å². The minimum atomic E-state index is -0.326. The first-order valence-electron chi connectivity index (χ1n) is 9.32. The number of hydrogen-bond acceptors (Lipinski definition) is 4. The summed E-state index contributed by atoms with van der Waals surface area (Å²) in [5.41, 5.74) is 3.24. The van der Waals surface area contributed by atoms with Crippen LogP contribution in [0.25, 0.3) is 0 Å². The Bertz CT molecular complexity index is 1030. The molecule has 30 heavy (non-hydrogen) atoms. The van der Waals surface area contributed by atoms with Gasteiger partial charge in [0.05, 0.1) is 12.2 Å². The van der Waals surface area contributed by atoms with Crippen molar-refractivity contribution in [3.8, 4) is 5.75 Å². The monoisotopic (exact) mass is 507 g/mol.